The second-order valence-electron chi connectivity index (χ2n) is 8.23. The van der Waals surface area contributed by atoms with E-state index in [1.165, 1.54) is 17.7 Å². The number of hydrogen-bond acceptors (Lipinski definition) is 4. The van der Waals surface area contributed by atoms with Crippen LogP contribution >= 0.6 is 0 Å². The quantitative estimate of drug-likeness (QED) is 0.651. The van der Waals surface area contributed by atoms with E-state index in [4.69, 9.17) is 0 Å². The van der Waals surface area contributed by atoms with Crippen LogP contribution in [0.3, 0.4) is 0 Å². The Kier molecular flexibility index (Phi) is 6.16. The molecule has 1 heterocycles. The van der Waals surface area contributed by atoms with E-state index in [1.54, 1.807) is 7.05 Å². The van der Waals surface area contributed by atoms with E-state index in [1.807, 2.05) is 6.92 Å². The van der Waals surface area contributed by atoms with Crippen molar-refractivity contribution in [2.45, 2.75) is 57.5 Å². The molecular weight excluding hydrogens is 332 g/mol. The van der Waals surface area contributed by atoms with Crippen molar-refractivity contribution < 1.29 is 14.4 Å². The van der Waals surface area contributed by atoms with Crippen molar-refractivity contribution in [3.8, 4) is 0 Å². The summed E-state index contributed by atoms with van der Waals surface area (Å²) in [5.74, 6) is 0.607. The molecule has 26 heavy (non-hydrogen) atoms. The summed E-state index contributed by atoms with van der Waals surface area (Å²) in [5.41, 5.74) is 0. The first-order chi connectivity index (χ1) is 12.4. The summed E-state index contributed by atoms with van der Waals surface area (Å²) >= 11 is 0. The van der Waals surface area contributed by atoms with Gasteiger partial charge in [-0.3, -0.25) is 19.3 Å². The van der Waals surface area contributed by atoms with E-state index in [0.29, 0.717) is 18.5 Å². The fraction of sp³-hybridized carbons (Fsp3) is 0.842. The summed E-state index contributed by atoms with van der Waals surface area (Å²) in [5, 5.41) is 5.97. The number of amides is 3. The van der Waals surface area contributed by atoms with Crippen molar-refractivity contribution >= 4 is 17.7 Å². The van der Waals surface area contributed by atoms with Crippen molar-refractivity contribution in [3.05, 3.63) is 0 Å². The molecule has 0 aromatic carbocycles. The number of nitrogens with one attached hydrogen (secondary N) is 2. The fourth-order valence-electron chi connectivity index (χ4n) is 3.55. The summed E-state index contributed by atoms with van der Waals surface area (Å²) in [4.78, 5) is 40.5. The van der Waals surface area contributed by atoms with Gasteiger partial charge in [-0.25, -0.2) is 0 Å². The standard InChI is InChI=1S/C19H32N4O3/c1-13(19(26)22(2)12-17(24)21-16-7-8-16)23-9-3-4-15(11-23)18(25)20-10-14-5-6-14/h13-16H,3-12H2,1-2H3,(H,20,25)(H,21,24). The maximum absolute atomic E-state index is 12.7. The van der Waals surface area contributed by atoms with Crippen LogP contribution in [-0.2, 0) is 14.4 Å². The van der Waals surface area contributed by atoms with Gasteiger partial charge in [0, 0.05) is 26.2 Å². The normalized spacial score (nSPS) is 24.6. The van der Waals surface area contributed by atoms with E-state index < -0.39 is 0 Å². The molecule has 1 aliphatic heterocycles. The molecule has 7 nitrogen and oxygen atoms in total. The second kappa shape index (κ2) is 8.37. The number of nitrogens with zero attached hydrogens (tertiary/aromatic N) is 2. The molecule has 0 aromatic heterocycles. The van der Waals surface area contributed by atoms with Gasteiger partial charge in [0.25, 0.3) is 0 Å². The van der Waals surface area contributed by atoms with E-state index in [9.17, 15) is 14.4 Å². The van der Waals surface area contributed by atoms with Crippen LogP contribution in [0.5, 0.6) is 0 Å². The minimum absolute atomic E-state index is 0.0405. The molecule has 2 N–H and O–H groups in total. The average molecular weight is 364 g/mol. The van der Waals surface area contributed by atoms with Crippen LogP contribution < -0.4 is 10.6 Å². The first-order valence-corrected chi connectivity index (χ1v) is 10.00. The number of carbonyl (C=O) groups excluding carboxylic acids is 3. The van der Waals surface area contributed by atoms with Crippen LogP contribution in [0.4, 0.5) is 0 Å². The van der Waals surface area contributed by atoms with E-state index in [2.05, 4.69) is 15.5 Å². The minimum atomic E-state index is -0.312. The van der Waals surface area contributed by atoms with Crippen molar-refractivity contribution in [1.29, 1.82) is 0 Å². The highest BCUT2D eigenvalue weighted by Crippen LogP contribution is 2.28. The Morgan fingerprint density at radius 1 is 1.15 bits per heavy atom. The lowest BCUT2D eigenvalue weighted by Gasteiger charge is -2.36. The van der Waals surface area contributed by atoms with Gasteiger partial charge in [-0.15, -0.1) is 0 Å². The Balaban J connectivity index is 1.45. The SMILES string of the molecule is CC(C(=O)N(C)CC(=O)NC1CC1)N1CCCC(C(=O)NCC2CC2)C1. The molecule has 0 radical (unpaired) electrons. The maximum Gasteiger partial charge on any atom is 0.239 e. The lowest BCUT2D eigenvalue weighted by Crippen LogP contribution is -2.53. The summed E-state index contributed by atoms with van der Waals surface area (Å²) in [6, 6.07) is -0.00631. The number of hydrogen-bond donors (Lipinski definition) is 2. The molecule has 7 heteroatoms. The Hall–Kier alpha value is -1.63. The fourth-order valence-corrected chi connectivity index (χ4v) is 3.55. The van der Waals surface area contributed by atoms with E-state index >= 15 is 0 Å². The lowest BCUT2D eigenvalue weighted by atomic mass is 9.95. The van der Waals surface area contributed by atoms with Crippen LogP contribution in [-0.4, -0.2) is 72.8 Å². The number of carbonyl (C=O) groups is 3. The smallest absolute Gasteiger partial charge is 0.239 e. The number of piperidine rings is 1. The van der Waals surface area contributed by atoms with Gasteiger partial charge in [0.1, 0.15) is 0 Å². The van der Waals surface area contributed by atoms with Gasteiger partial charge in [-0.1, -0.05) is 0 Å². The van der Waals surface area contributed by atoms with Crippen molar-refractivity contribution in [3.63, 3.8) is 0 Å². The average Bonchev–Trinajstić information content (AvgIpc) is 3.53. The Labute approximate surface area is 155 Å². The zero-order chi connectivity index (χ0) is 18.7. The highest BCUT2D eigenvalue weighted by atomic mass is 16.2. The summed E-state index contributed by atoms with van der Waals surface area (Å²) in [7, 11) is 1.68. The molecule has 2 saturated carbocycles. The van der Waals surface area contributed by atoms with Gasteiger partial charge in [0.15, 0.2) is 0 Å². The molecule has 0 bridgehead atoms. The molecule has 3 rings (SSSR count). The van der Waals surface area contributed by atoms with Crippen molar-refractivity contribution in [2.24, 2.45) is 11.8 Å². The maximum atomic E-state index is 12.7. The highest BCUT2D eigenvalue weighted by molar-refractivity contribution is 5.87. The zero-order valence-corrected chi connectivity index (χ0v) is 16.0. The highest BCUT2D eigenvalue weighted by Gasteiger charge is 2.33. The third-order valence-corrected chi connectivity index (χ3v) is 5.69. The van der Waals surface area contributed by atoms with Crippen LogP contribution in [0.2, 0.25) is 0 Å². The molecular formula is C19H32N4O3. The van der Waals surface area contributed by atoms with Crippen LogP contribution in [0, 0.1) is 11.8 Å². The van der Waals surface area contributed by atoms with Gasteiger partial charge in [0.2, 0.25) is 17.7 Å². The molecule has 3 fully saturated rings. The molecule has 146 valence electrons. The first-order valence-electron chi connectivity index (χ1n) is 10.00. The van der Waals surface area contributed by atoms with Crippen molar-refractivity contribution in [2.75, 3.05) is 33.2 Å². The summed E-state index contributed by atoms with van der Waals surface area (Å²) in [6.45, 7) is 4.20. The van der Waals surface area contributed by atoms with Crippen LogP contribution in [0.15, 0.2) is 0 Å². The lowest BCUT2D eigenvalue weighted by molar-refractivity contribution is -0.140. The molecule has 1 saturated heterocycles. The van der Waals surface area contributed by atoms with Crippen LogP contribution in [0.1, 0.15) is 45.4 Å². The molecule has 2 atom stereocenters. The molecule has 3 aliphatic rings. The predicted molar refractivity (Wildman–Crippen MR) is 98.3 cm³/mol. The van der Waals surface area contributed by atoms with E-state index in [0.717, 1.165) is 38.8 Å². The molecule has 2 unspecified atom stereocenters. The van der Waals surface area contributed by atoms with Gasteiger partial charge < -0.3 is 15.5 Å². The predicted octanol–water partition coefficient (Wildman–Crippen LogP) is 0.350. The number of likely N-dealkylation sites (tertiary alicyclic amines) is 1. The van der Waals surface area contributed by atoms with E-state index in [-0.39, 0.29) is 36.2 Å². The van der Waals surface area contributed by atoms with Gasteiger partial charge >= 0.3 is 0 Å². The van der Waals surface area contributed by atoms with Crippen molar-refractivity contribution in [1.82, 2.24) is 20.4 Å². The molecule has 0 aromatic rings. The van der Waals surface area contributed by atoms with Crippen LogP contribution in [0.25, 0.3) is 0 Å². The molecule has 0 spiro atoms. The topological polar surface area (TPSA) is 81.8 Å². The number of rotatable bonds is 8. The summed E-state index contributed by atoms with van der Waals surface area (Å²) < 4.78 is 0. The third-order valence-electron chi connectivity index (χ3n) is 5.69. The minimum Gasteiger partial charge on any atom is -0.356 e. The summed E-state index contributed by atoms with van der Waals surface area (Å²) in [6.07, 6.45) is 6.33. The second-order valence-corrected chi connectivity index (χ2v) is 8.23. The first kappa shape index (κ1) is 19.1. The molecule has 2 aliphatic carbocycles. The molecule has 3 amide bonds. The Bertz CT molecular complexity index is 545. The van der Waals surface area contributed by atoms with Gasteiger partial charge in [0.05, 0.1) is 18.5 Å². The monoisotopic (exact) mass is 364 g/mol. The Morgan fingerprint density at radius 2 is 1.88 bits per heavy atom. The Morgan fingerprint density at radius 3 is 2.54 bits per heavy atom. The third kappa shape index (κ3) is 5.43. The number of likely N-dealkylation sites (N-methyl/N-ethyl adjacent to an activating group) is 1. The zero-order valence-electron chi connectivity index (χ0n) is 16.0. The van der Waals surface area contributed by atoms with Gasteiger partial charge in [-0.05, 0) is 57.9 Å². The largest absolute Gasteiger partial charge is 0.356 e. The van der Waals surface area contributed by atoms with Gasteiger partial charge in [-0.2, -0.15) is 0 Å².